The first-order valence-corrected chi connectivity index (χ1v) is 11.0. The van der Waals surface area contributed by atoms with Crippen LogP contribution in [0.2, 0.25) is 0 Å². The minimum atomic E-state index is -4.37. The SMILES string of the molecule is COc1ccc(/C=C2\SC(N3CCN(c4cccc(C(F)(F)F)c4)CC3)=NC2=O)cc1OC. The summed E-state index contributed by atoms with van der Waals surface area (Å²) in [6.45, 7) is 2.17. The van der Waals surface area contributed by atoms with Gasteiger partial charge in [0, 0.05) is 31.9 Å². The smallest absolute Gasteiger partial charge is 0.416 e. The molecule has 2 aromatic carbocycles. The quantitative estimate of drug-likeness (QED) is 0.604. The first kappa shape index (κ1) is 23.0. The fraction of sp³-hybridized carbons (Fsp3) is 0.304. The number of piperazine rings is 1. The minimum Gasteiger partial charge on any atom is -0.493 e. The molecule has 2 aliphatic rings. The summed E-state index contributed by atoms with van der Waals surface area (Å²) >= 11 is 1.29. The number of anilines is 1. The van der Waals surface area contributed by atoms with Gasteiger partial charge in [-0.2, -0.15) is 18.2 Å². The van der Waals surface area contributed by atoms with Gasteiger partial charge in [-0.3, -0.25) is 4.79 Å². The van der Waals surface area contributed by atoms with E-state index in [1.165, 1.54) is 23.9 Å². The Morgan fingerprint density at radius 3 is 2.33 bits per heavy atom. The highest BCUT2D eigenvalue weighted by Crippen LogP contribution is 2.35. The van der Waals surface area contributed by atoms with Crippen molar-refractivity contribution in [3.63, 3.8) is 0 Å². The summed E-state index contributed by atoms with van der Waals surface area (Å²) < 4.78 is 49.6. The molecule has 0 unspecified atom stereocenters. The van der Waals surface area contributed by atoms with E-state index in [1.807, 2.05) is 15.9 Å². The van der Waals surface area contributed by atoms with Crippen LogP contribution in [0.5, 0.6) is 11.5 Å². The third-order valence-corrected chi connectivity index (χ3v) is 6.45. The Morgan fingerprint density at radius 2 is 1.67 bits per heavy atom. The highest BCUT2D eigenvalue weighted by atomic mass is 32.2. The van der Waals surface area contributed by atoms with E-state index in [0.29, 0.717) is 53.4 Å². The van der Waals surface area contributed by atoms with Gasteiger partial charge in [-0.1, -0.05) is 12.1 Å². The number of methoxy groups -OCH3 is 2. The van der Waals surface area contributed by atoms with Gasteiger partial charge in [0.2, 0.25) is 0 Å². The molecule has 0 N–H and O–H groups in total. The third-order valence-electron chi connectivity index (χ3n) is 5.40. The molecule has 0 bridgehead atoms. The second-order valence-electron chi connectivity index (χ2n) is 7.45. The van der Waals surface area contributed by atoms with E-state index in [9.17, 15) is 18.0 Å². The lowest BCUT2D eigenvalue weighted by Crippen LogP contribution is -2.47. The molecule has 0 aliphatic carbocycles. The summed E-state index contributed by atoms with van der Waals surface area (Å²) in [5.74, 6) is 0.847. The predicted octanol–water partition coefficient (Wildman–Crippen LogP) is 4.52. The van der Waals surface area contributed by atoms with Gasteiger partial charge < -0.3 is 19.3 Å². The molecule has 4 rings (SSSR count). The van der Waals surface area contributed by atoms with Gasteiger partial charge in [0.25, 0.3) is 5.91 Å². The summed E-state index contributed by atoms with van der Waals surface area (Å²) in [4.78, 5) is 21.0. The Hall–Kier alpha value is -3.14. The zero-order chi connectivity index (χ0) is 23.6. The number of aliphatic imine (C=N–C) groups is 1. The Morgan fingerprint density at radius 1 is 0.970 bits per heavy atom. The molecule has 0 saturated carbocycles. The maximum Gasteiger partial charge on any atom is 0.416 e. The molecule has 0 spiro atoms. The van der Waals surface area contributed by atoms with E-state index >= 15 is 0 Å². The van der Waals surface area contributed by atoms with Gasteiger partial charge in [-0.25, -0.2) is 0 Å². The number of hydrogen-bond acceptors (Lipinski definition) is 6. The van der Waals surface area contributed by atoms with Crippen LogP contribution in [0.1, 0.15) is 11.1 Å². The third kappa shape index (κ3) is 5.11. The number of benzene rings is 2. The van der Waals surface area contributed by atoms with Crippen LogP contribution in [0.4, 0.5) is 18.9 Å². The van der Waals surface area contributed by atoms with Gasteiger partial charge in [-0.05, 0) is 53.7 Å². The molecule has 33 heavy (non-hydrogen) atoms. The average Bonchev–Trinajstić information content (AvgIpc) is 3.18. The summed E-state index contributed by atoms with van der Waals surface area (Å²) in [6, 6.07) is 10.7. The van der Waals surface area contributed by atoms with Crippen molar-refractivity contribution in [2.24, 2.45) is 4.99 Å². The van der Waals surface area contributed by atoms with Gasteiger partial charge in [-0.15, -0.1) is 0 Å². The summed E-state index contributed by atoms with van der Waals surface area (Å²) in [6.07, 6.45) is -2.62. The molecule has 2 aliphatic heterocycles. The van der Waals surface area contributed by atoms with Crippen molar-refractivity contribution in [2.75, 3.05) is 45.3 Å². The maximum atomic E-state index is 13.0. The fourth-order valence-corrected chi connectivity index (χ4v) is 4.63. The molecule has 174 valence electrons. The molecule has 1 amide bonds. The molecule has 0 radical (unpaired) electrons. The van der Waals surface area contributed by atoms with E-state index in [1.54, 1.807) is 38.5 Å². The van der Waals surface area contributed by atoms with Gasteiger partial charge in [0.1, 0.15) is 0 Å². The molecule has 0 aromatic heterocycles. The molecular weight excluding hydrogens is 455 g/mol. The van der Waals surface area contributed by atoms with E-state index in [4.69, 9.17) is 9.47 Å². The van der Waals surface area contributed by atoms with Gasteiger partial charge in [0.05, 0.1) is 24.7 Å². The number of carbonyl (C=O) groups is 1. The molecule has 6 nitrogen and oxygen atoms in total. The number of nitrogens with zero attached hydrogens (tertiary/aromatic N) is 3. The van der Waals surface area contributed by atoms with Crippen molar-refractivity contribution in [2.45, 2.75) is 6.18 Å². The van der Waals surface area contributed by atoms with Gasteiger partial charge in [0.15, 0.2) is 16.7 Å². The van der Waals surface area contributed by atoms with Crippen LogP contribution in [0, 0.1) is 0 Å². The number of amides is 1. The van der Waals surface area contributed by atoms with Crippen LogP contribution >= 0.6 is 11.8 Å². The normalized spacial score (nSPS) is 18.0. The van der Waals surface area contributed by atoms with E-state index in [-0.39, 0.29) is 5.91 Å². The average molecular weight is 478 g/mol. The number of hydrogen-bond donors (Lipinski definition) is 0. The molecular formula is C23H22F3N3O3S. The van der Waals surface area contributed by atoms with E-state index in [2.05, 4.69) is 4.99 Å². The molecule has 2 heterocycles. The Kier molecular flexibility index (Phi) is 6.55. The van der Waals surface area contributed by atoms with Crippen molar-refractivity contribution >= 4 is 34.6 Å². The van der Waals surface area contributed by atoms with Crippen LogP contribution in [0.15, 0.2) is 52.4 Å². The minimum absolute atomic E-state index is 0.315. The number of halogens is 3. The lowest BCUT2D eigenvalue weighted by molar-refractivity contribution is -0.137. The summed E-state index contributed by atoms with van der Waals surface area (Å²) in [7, 11) is 3.10. The number of thioether (sulfide) groups is 1. The van der Waals surface area contributed by atoms with Crippen LogP contribution in [0.3, 0.4) is 0 Å². The topological polar surface area (TPSA) is 54.4 Å². The molecule has 1 saturated heterocycles. The zero-order valence-corrected chi connectivity index (χ0v) is 18.9. The fourth-order valence-electron chi connectivity index (χ4n) is 3.66. The Bertz CT molecular complexity index is 1110. The lowest BCUT2D eigenvalue weighted by Gasteiger charge is -2.36. The molecule has 2 aromatic rings. The second-order valence-corrected chi connectivity index (χ2v) is 8.46. The van der Waals surface area contributed by atoms with Crippen LogP contribution in [-0.4, -0.2) is 56.4 Å². The lowest BCUT2D eigenvalue weighted by atomic mass is 10.1. The van der Waals surface area contributed by atoms with Crippen molar-refractivity contribution in [3.05, 3.63) is 58.5 Å². The van der Waals surface area contributed by atoms with E-state index in [0.717, 1.165) is 11.6 Å². The highest BCUT2D eigenvalue weighted by molar-refractivity contribution is 8.18. The summed E-state index contributed by atoms with van der Waals surface area (Å²) in [5.41, 5.74) is 0.665. The van der Waals surface area contributed by atoms with E-state index < -0.39 is 11.7 Å². The van der Waals surface area contributed by atoms with Crippen LogP contribution in [-0.2, 0) is 11.0 Å². The summed E-state index contributed by atoms with van der Waals surface area (Å²) in [5, 5.41) is 0.607. The van der Waals surface area contributed by atoms with Crippen molar-refractivity contribution in [3.8, 4) is 11.5 Å². The molecule has 10 heteroatoms. The number of alkyl halides is 3. The number of ether oxygens (including phenoxy) is 2. The first-order valence-electron chi connectivity index (χ1n) is 10.2. The Labute approximate surface area is 193 Å². The van der Waals surface area contributed by atoms with Crippen LogP contribution in [0.25, 0.3) is 6.08 Å². The maximum absolute atomic E-state index is 13.0. The largest absolute Gasteiger partial charge is 0.493 e. The Balaban J connectivity index is 1.41. The van der Waals surface area contributed by atoms with Gasteiger partial charge >= 0.3 is 6.18 Å². The molecule has 1 fully saturated rings. The van der Waals surface area contributed by atoms with Crippen molar-refractivity contribution < 1.29 is 27.4 Å². The second kappa shape index (κ2) is 9.38. The highest BCUT2D eigenvalue weighted by Gasteiger charge is 2.32. The standard InChI is InChI=1S/C23H22F3N3O3S/c1-31-18-7-6-15(12-19(18)32-2)13-20-21(30)27-22(33-20)29-10-8-28(9-11-29)17-5-3-4-16(14-17)23(24,25)26/h3-7,12-14H,8-11H2,1-2H3/b20-13-. The zero-order valence-electron chi connectivity index (χ0n) is 18.1. The number of carbonyl (C=O) groups excluding carboxylic acids is 1. The predicted molar refractivity (Wildman–Crippen MR) is 123 cm³/mol. The molecule has 0 atom stereocenters. The van der Waals surface area contributed by atoms with Crippen molar-refractivity contribution in [1.29, 1.82) is 0 Å². The van der Waals surface area contributed by atoms with Crippen molar-refractivity contribution in [1.82, 2.24) is 4.90 Å². The number of rotatable bonds is 4. The monoisotopic (exact) mass is 477 g/mol. The van der Waals surface area contributed by atoms with Crippen LogP contribution < -0.4 is 14.4 Å². The number of amidine groups is 1. The first-order chi connectivity index (χ1) is 15.8.